The van der Waals surface area contributed by atoms with E-state index >= 15 is 0 Å². The SMILES string of the molecule is C=C(Oc1ccccc1)c1ccc2c(c1)C(=O)OC2=O. The molecule has 1 heterocycles. The molecule has 0 radical (unpaired) electrons. The normalized spacial score (nSPS) is 12.8. The lowest BCUT2D eigenvalue weighted by molar-refractivity contribution is 0.0444. The summed E-state index contributed by atoms with van der Waals surface area (Å²) in [6.07, 6.45) is 0. The molecule has 0 N–H and O–H groups in total. The number of carbonyl (C=O) groups is 2. The predicted molar refractivity (Wildman–Crippen MR) is 72.3 cm³/mol. The molecular formula is C16H10O4. The molecule has 4 heteroatoms. The highest BCUT2D eigenvalue weighted by molar-refractivity contribution is 6.15. The van der Waals surface area contributed by atoms with Crippen molar-refractivity contribution in [1.82, 2.24) is 0 Å². The van der Waals surface area contributed by atoms with Crippen LogP contribution in [0.4, 0.5) is 0 Å². The molecule has 0 saturated heterocycles. The van der Waals surface area contributed by atoms with E-state index < -0.39 is 11.9 Å². The van der Waals surface area contributed by atoms with Crippen molar-refractivity contribution in [2.45, 2.75) is 0 Å². The second-order valence-electron chi connectivity index (χ2n) is 4.28. The van der Waals surface area contributed by atoms with Crippen molar-refractivity contribution in [2.75, 3.05) is 0 Å². The Bertz CT molecular complexity index is 717. The van der Waals surface area contributed by atoms with Gasteiger partial charge in [-0.15, -0.1) is 0 Å². The minimum absolute atomic E-state index is 0.241. The molecule has 1 aliphatic heterocycles. The van der Waals surface area contributed by atoms with Crippen molar-refractivity contribution in [2.24, 2.45) is 0 Å². The highest BCUT2D eigenvalue weighted by Crippen LogP contribution is 2.25. The minimum atomic E-state index is -0.639. The second kappa shape index (κ2) is 4.66. The summed E-state index contributed by atoms with van der Waals surface area (Å²) in [4.78, 5) is 22.8. The maximum absolute atomic E-state index is 11.5. The van der Waals surface area contributed by atoms with E-state index in [4.69, 9.17) is 4.74 Å². The van der Waals surface area contributed by atoms with Gasteiger partial charge in [-0.05, 0) is 24.3 Å². The number of hydrogen-bond acceptors (Lipinski definition) is 4. The standard InChI is InChI=1S/C16H10O4/c1-10(19-12-5-3-2-4-6-12)11-7-8-13-14(9-11)16(18)20-15(13)17/h2-9H,1H2. The third-order valence-electron chi connectivity index (χ3n) is 2.95. The van der Waals surface area contributed by atoms with Gasteiger partial charge in [0, 0.05) is 5.56 Å². The van der Waals surface area contributed by atoms with Gasteiger partial charge in [0.1, 0.15) is 11.5 Å². The lowest BCUT2D eigenvalue weighted by Crippen LogP contribution is -1.98. The Labute approximate surface area is 115 Å². The Morgan fingerprint density at radius 1 is 0.950 bits per heavy atom. The molecule has 1 aliphatic rings. The maximum Gasteiger partial charge on any atom is 0.346 e. The number of esters is 2. The van der Waals surface area contributed by atoms with Crippen LogP contribution in [0.3, 0.4) is 0 Å². The number of hydrogen-bond donors (Lipinski definition) is 0. The molecule has 3 rings (SSSR count). The first-order chi connectivity index (χ1) is 9.65. The van der Waals surface area contributed by atoms with E-state index in [1.54, 1.807) is 24.3 Å². The molecule has 2 aromatic rings. The minimum Gasteiger partial charge on any atom is -0.457 e. The van der Waals surface area contributed by atoms with Crippen molar-refractivity contribution < 1.29 is 19.1 Å². The van der Waals surface area contributed by atoms with Gasteiger partial charge in [-0.1, -0.05) is 30.8 Å². The molecule has 20 heavy (non-hydrogen) atoms. The fourth-order valence-electron chi connectivity index (χ4n) is 1.95. The zero-order chi connectivity index (χ0) is 14.1. The number of benzene rings is 2. The van der Waals surface area contributed by atoms with Crippen LogP contribution in [-0.4, -0.2) is 11.9 Å². The highest BCUT2D eigenvalue weighted by Gasteiger charge is 2.29. The monoisotopic (exact) mass is 266 g/mol. The quantitative estimate of drug-likeness (QED) is 0.486. The molecule has 0 unspecified atom stereocenters. The molecule has 0 saturated carbocycles. The van der Waals surface area contributed by atoms with Gasteiger partial charge in [-0.25, -0.2) is 9.59 Å². The third-order valence-corrected chi connectivity index (χ3v) is 2.95. The van der Waals surface area contributed by atoms with Gasteiger partial charge in [-0.2, -0.15) is 0 Å². The summed E-state index contributed by atoms with van der Waals surface area (Å²) < 4.78 is 10.1. The van der Waals surface area contributed by atoms with Crippen molar-refractivity contribution in [3.8, 4) is 5.75 Å². The molecule has 0 aromatic heterocycles. The Morgan fingerprint density at radius 2 is 1.65 bits per heavy atom. The van der Waals surface area contributed by atoms with Crippen LogP contribution in [0.5, 0.6) is 5.75 Å². The van der Waals surface area contributed by atoms with Gasteiger partial charge < -0.3 is 9.47 Å². The molecule has 2 aromatic carbocycles. The van der Waals surface area contributed by atoms with E-state index in [9.17, 15) is 9.59 Å². The summed E-state index contributed by atoms with van der Waals surface area (Å²) in [5, 5.41) is 0. The number of ether oxygens (including phenoxy) is 2. The molecule has 4 nitrogen and oxygen atoms in total. The zero-order valence-electron chi connectivity index (χ0n) is 10.5. The summed E-state index contributed by atoms with van der Waals surface area (Å²) >= 11 is 0. The van der Waals surface area contributed by atoms with Crippen LogP contribution in [0.15, 0.2) is 55.1 Å². The molecular weight excluding hydrogens is 256 g/mol. The lowest BCUT2D eigenvalue weighted by Gasteiger charge is -2.09. The number of para-hydroxylation sites is 1. The third kappa shape index (κ3) is 2.07. The summed E-state index contributed by atoms with van der Waals surface area (Å²) in [6, 6.07) is 13.9. The Balaban J connectivity index is 1.89. The van der Waals surface area contributed by atoms with Crippen LogP contribution in [0.1, 0.15) is 26.3 Å². The molecule has 0 amide bonds. The van der Waals surface area contributed by atoms with E-state index in [2.05, 4.69) is 11.3 Å². The smallest absolute Gasteiger partial charge is 0.346 e. The van der Waals surface area contributed by atoms with Crippen molar-refractivity contribution >= 4 is 17.7 Å². The summed E-state index contributed by atoms with van der Waals surface area (Å²) in [6.45, 7) is 3.83. The molecule has 0 aliphatic carbocycles. The van der Waals surface area contributed by atoms with Crippen LogP contribution in [0.2, 0.25) is 0 Å². The van der Waals surface area contributed by atoms with Gasteiger partial charge >= 0.3 is 11.9 Å². The molecule has 0 atom stereocenters. The molecule has 0 bridgehead atoms. The van der Waals surface area contributed by atoms with Gasteiger partial charge in [0.25, 0.3) is 0 Å². The lowest BCUT2D eigenvalue weighted by atomic mass is 10.0. The maximum atomic E-state index is 11.5. The number of rotatable bonds is 3. The van der Waals surface area contributed by atoms with Gasteiger partial charge in [-0.3, -0.25) is 0 Å². The van der Waals surface area contributed by atoms with Crippen molar-refractivity contribution in [1.29, 1.82) is 0 Å². The van der Waals surface area contributed by atoms with Crippen molar-refractivity contribution in [3.05, 3.63) is 71.8 Å². The van der Waals surface area contributed by atoms with E-state index in [0.29, 0.717) is 17.1 Å². The molecule has 98 valence electrons. The van der Waals surface area contributed by atoms with E-state index in [-0.39, 0.29) is 11.1 Å². The fourth-order valence-corrected chi connectivity index (χ4v) is 1.95. The van der Waals surface area contributed by atoms with Crippen molar-refractivity contribution in [3.63, 3.8) is 0 Å². The Morgan fingerprint density at radius 3 is 2.40 bits per heavy atom. The zero-order valence-corrected chi connectivity index (χ0v) is 10.5. The summed E-state index contributed by atoms with van der Waals surface area (Å²) in [5.41, 5.74) is 1.14. The average molecular weight is 266 g/mol. The largest absolute Gasteiger partial charge is 0.457 e. The number of carbonyl (C=O) groups excluding carboxylic acids is 2. The van der Waals surface area contributed by atoms with Gasteiger partial charge in [0.15, 0.2) is 0 Å². The molecule has 0 spiro atoms. The van der Waals surface area contributed by atoms with Crippen LogP contribution in [0, 0.1) is 0 Å². The average Bonchev–Trinajstić information content (AvgIpc) is 2.75. The first-order valence-corrected chi connectivity index (χ1v) is 5.98. The summed E-state index contributed by atoms with van der Waals surface area (Å²) in [7, 11) is 0. The summed E-state index contributed by atoms with van der Waals surface area (Å²) in [5.74, 6) is -0.215. The van der Waals surface area contributed by atoms with Crippen LogP contribution >= 0.6 is 0 Å². The first-order valence-electron chi connectivity index (χ1n) is 5.98. The van der Waals surface area contributed by atoms with Gasteiger partial charge in [0.05, 0.1) is 11.1 Å². The fraction of sp³-hybridized carbons (Fsp3) is 0. The van der Waals surface area contributed by atoms with Crippen LogP contribution in [-0.2, 0) is 4.74 Å². The Kier molecular flexibility index (Phi) is 2.84. The highest BCUT2D eigenvalue weighted by atomic mass is 16.6. The predicted octanol–water partition coefficient (Wildman–Crippen LogP) is 3.05. The van der Waals surface area contributed by atoms with E-state index in [1.807, 2.05) is 18.2 Å². The second-order valence-corrected chi connectivity index (χ2v) is 4.28. The number of fused-ring (bicyclic) bond motifs is 1. The van der Waals surface area contributed by atoms with Gasteiger partial charge in [0.2, 0.25) is 0 Å². The van der Waals surface area contributed by atoms with Crippen LogP contribution < -0.4 is 4.74 Å². The Hall–Kier alpha value is -2.88. The van der Waals surface area contributed by atoms with E-state index in [0.717, 1.165) is 0 Å². The first kappa shape index (κ1) is 12.2. The number of cyclic esters (lactones) is 2. The van der Waals surface area contributed by atoms with Crippen LogP contribution in [0.25, 0.3) is 5.76 Å². The topological polar surface area (TPSA) is 52.6 Å². The molecule has 0 fully saturated rings. The van der Waals surface area contributed by atoms with E-state index in [1.165, 1.54) is 6.07 Å².